The lowest BCUT2D eigenvalue weighted by Gasteiger charge is -2.12. The first kappa shape index (κ1) is 15.6. The minimum absolute atomic E-state index is 0.0176. The molecule has 0 unspecified atom stereocenters. The first-order valence-corrected chi connectivity index (χ1v) is 7.78. The number of hydrogen-bond donors (Lipinski definition) is 1. The summed E-state index contributed by atoms with van der Waals surface area (Å²) in [5.74, 6) is -0.506. The van der Waals surface area contributed by atoms with Gasteiger partial charge in [-0.2, -0.15) is 0 Å². The summed E-state index contributed by atoms with van der Waals surface area (Å²) in [6.45, 7) is 4.22. The lowest BCUT2D eigenvalue weighted by Crippen LogP contribution is -2.33. The average Bonchev–Trinajstić information content (AvgIpc) is 2.69. The quantitative estimate of drug-likeness (QED) is 0.908. The molecular formula is C15H18N2O3S. The van der Waals surface area contributed by atoms with Gasteiger partial charge in [0.1, 0.15) is 5.25 Å². The molecule has 112 valence electrons. The number of hydrogen-bond acceptors (Lipinski definition) is 4. The fraction of sp³-hybridized carbons (Fsp3) is 0.400. The molecule has 1 N–H and O–H groups in total. The third kappa shape index (κ3) is 3.64. The van der Waals surface area contributed by atoms with Gasteiger partial charge >= 0.3 is 0 Å². The van der Waals surface area contributed by atoms with Crippen LogP contribution < -0.4 is 5.32 Å². The van der Waals surface area contributed by atoms with E-state index in [0.29, 0.717) is 6.54 Å². The van der Waals surface area contributed by atoms with Gasteiger partial charge in [0, 0.05) is 18.7 Å². The van der Waals surface area contributed by atoms with Crippen LogP contribution in [0.3, 0.4) is 0 Å². The highest BCUT2D eigenvalue weighted by Gasteiger charge is 2.39. The molecule has 1 fully saturated rings. The molecule has 2 rings (SSSR count). The number of carbonyl (C=O) groups is 3. The minimum atomic E-state index is -0.604. The fourth-order valence-electron chi connectivity index (χ4n) is 2.14. The number of rotatable bonds is 5. The number of nitrogens with zero attached hydrogens (tertiary/aromatic N) is 1. The second-order valence-electron chi connectivity index (χ2n) is 4.93. The van der Waals surface area contributed by atoms with Crippen LogP contribution in [0.1, 0.15) is 25.3 Å². The van der Waals surface area contributed by atoms with Crippen molar-refractivity contribution >= 4 is 34.5 Å². The Hall–Kier alpha value is -1.82. The van der Waals surface area contributed by atoms with Crippen molar-refractivity contribution in [2.24, 2.45) is 0 Å². The second-order valence-corrected chi connectivity index (χ2v) is 6.08. The molecule has 0 aromatic heterocycles. The third-order valence-electron chi connectivity index (χ3n) is 3.24. The topological polar surface area (TPSA) is 66.5 Å². The van der Waals surface area contributed by atoms with Gasteiger partial charge < -0.3 is 5.32 Å². The van der Waals surface area contributed by atoms with Gasteiger partial charge in [-0.25, -0.2) is 0 Å². The van der Waals surface area contributed by atoms with Crippen LogP contribution in [0.25, 0.3) is 0 Å². The number of imide groups is 1. The molecule has 5 nitrogen and oxygen atoms in total. The highest BCUT2D eigenvalue weighted by Crippen LogP contribution is 2.29. The Morgan fingerprint density at radius 1 is 1.33 bits per heavy atom. The van der Waals surface area contributed by atoms with Crippen LogP contribution in [0, 0.1) is 6.92 Å². The summed E-state index contributed by atoms with van der Waals surface area (Å²) < 4.78 is 0. The van der Waals surface area contributed by atoms with Crippen molar-refractivity contribution in [1.29, 1.82) is 0 Å². The van der Waals surface area contributed by atoms with E-state index in [0.717, 1.165) is 29.4 Å². The van der Waals surface area contributed by atoms with Gasteiger partial charge in [0.25, 0.3) is 5.24 Å². The van der Waals surface area contributed by atoms with Crippen molar-refractivity contribution < 1.29 is 14.4 Å². The molecule has 1 atom stereocenters. The van der Waals surface area contributed by atoms with Crippen LogP contribution in [0.4, 0.5) is 10.5 Å². The summed E-state index contributed by atoms with van der Waals surface area (Å²) in [5, 5.41) is 1.93. The van der Waals surface area contributed by atoms with Crippen molar-refractivity contribution in [2.75, 3.05) is 11.9 Å². The number of carbonyl (C=O) groups excluding carboxylic acids is 3. The van der Waals surface area contributed by atoms with Crippen molar-refractivity contribution in [3.63, 3.8) is 0 Å². The molecule has 6 heteroatoms. The zero-order valence-corrected chi connectivity index (χ0v) is 12.9. The largest absolute Gasteiger partial charge is 0.326 e. The van der Waals surface area contributed by atoms with E-state index in [-0.39, 0.29) is 23.5 Å². The number of amides is 3. The molecule has 0 bridgehead atoms. The molecule has 1 aromatic carbocycles. The average molecular weight is 306 g/mol. The van der Waals surface area contributed by atoms with E-state index < -0.39 is 5.25 Å². The molecule has 0 radical (unpaired) electrons. The van der Waals surface area contributed by atoms with Crippen LogP contribution in [0.2, 0.25) is 0 Å². The van der Waals surface area contributed by atoms with Crippen molar-refractivity contribution in [3.8, 4) is 0 Å². The van der Waals surface area contributed by atoms with E-state index >= 15 is 0 Å². The lowest BCUT2D eigenvalue weighted by molar-refractivity contribution is -0.128. The van der Waals surface area contributed by atoms with Gasteiger partial charge in [0.05, 0.1) is 0 Å². The monoisotopic (exact) mass is 306 g/mol. The van der Waals surface area contributed by atoms with Crippen molar-refractivity contribution in [3.05, 3.63) is 29.8 Å². The predicted molar refractivity (Wildman–Crippen MR) is 83.2 cm³/mol. The molecule has 0 spiro atoms. The maximum atomic E-state index is 12.1. The first-order chi connectivity index (χ1) is 10.0. The molecule has 0 aliphatic carbocycles. The Bertz CT molecular complexity index is 574. The van der Waals surface area contributed by atoms with Crippen LogP contribution in [-0.2, 0) is 9.59 Å². The van der Waals surface area contributed by atoms with Crippen LogP contribution in [0.5, 0.6) is 0 Å². The number of nitrogens with one attached hydrogen (secondary N) is 1. The first-order valence-electron chi connectivity index (χ1n) is 6.90. The number of aryl methyl sites for hydroxylation is 1. The van der Waals surface area contributed by atoms with Crippen LogP contribution in [-0.4, -0.2) is 33.7 Å². The van der Waals surface area contributed by atoms with E-state index in [1.807, 2.05) is 38.1 Å². The highest BCUT2D eigenvalue weighted by atomic mass is 32.2. The maximum Gasteiger partial charge on any atom is 0.289 e. The molecule has 1 saturated heterocycles. The molecule has 0 saturated carbocycles. The summed E-state index contributed by atoms with van der Waals surface area (Å²) in [7, 11) is 0. The Morgan fingerprint density at radius 2 is 2.05 bits per heavy atom. The lowest BCUT2D eigenvalue weighted by atomic mass is 10.2. The molecule has 1 aromatic rings. The SMILES string of the molecule is CCCN1C(=O)S[C@H](CC(=O)Nc2ccccc2C)C1=O. The third-order valence-corrected chi connectivity index (χ3v) is 4.32. The minimum Gasteiger partial charge on any atom is -0.326 e. The number of anilines is 1. The summed E-state index contributed by atoms with van der Waals surface area (Å²) in [4.78, 5) is 37.0. The van der Waals surface area contributed by atoms with Gasteiger partial charge in [-0.1, -0.05) is 36.9 Å². The predicted octanol–water partition coefficient (Wildman–Crippen LogP) is 2.80. The summed E-state index contributed by atoms with van der Waals surface area (Å²) in [6.07, 6.45) is 0.740. The molecule has 3 amide bonds. The Labute approximate surface area is 128 Å². The molecule has 1 heterocycles. The fourth-order valence-corrected chi connectivity index (χ4v) is 3.15. The second kappa shape index (κ2) is 6.76. The number of thioether (sulfide) groups is 1. The van der Waals surface area contributed by atoms with E-state index in [2.05, 4.69) is 5.32 Å². The van der Waals surface area contributed by atoms with Crippen LogP contribution in [0.15, 0.2) is 24.3 Å². The normalized spacial score (nSPS) is 18.2. The van der Waals surface area contributed by atoms with Crippen molar-refractivity contribution in [1.82, 2.24) is 4.90 Å². The summed E-state index contributed by atoms with van der Waals surface area (Å²) in [5.41, 5.74) is 1.69. The standard InChI is InChI=1S/C15H18N2O3S/c1-3-8-17-14(19)12(21-15(17)20)9-13(18)16-11-7-5-4-6-10(11)2/h4-7,12H,3,8-9H2,1-2H3,(H,16,18)/t12-/m1/s1. The van der Waals surface area contributed by atoms with E-state index in [1.54, 1.807) is 0 Å². The van der Waals surface area contributed by atoms with Gasteiger partial charge in [0.15, 0.2) is 0 Å². The maximum absolute atomic E-state index is 12.1. The molecule has 21 heavy (non-hydrogen) atoms. The number of benzene rings is 1. The molecule has 1 aliphatic heterocycles. The van der Waals surface area contributed by atoms with Crippen molar-refractivity contribution in [2.45, 2.75) is 31.9 Å². The Morgan fingerprint density at radius 3 is 2.71 bits per heavy atom. The zero-order chi connectivity index (χ0) is 15.4. The van der Waals surface area contributed by atoms with Gasteiger partial charge in [-0.15, -0.1) is 0 Å². The molecule has 1 aliphatic rings. The van der Waals surface area contributed by atoms with E-state index in [9.17, 15) is 14.4 Å². The summed E-state index contributed by atoms with van der Waals surface area (Å²) in [6, 6.07) is 7.44. The summed E-state index contributed by atoms with van der Waals surface area (Å²) >= 11 is 0.941. The van der Waals surface area contributed by atoms with Gasteiger partial charge in [-0.3, -0.25) is 19.3 Å². The van der Waals surface area contributed by atoms with Gasteiger partial charge in [-0.05, 0) is 25.0 Å². The van der Waals surface area contributed by atoms with E-state index in [4.69, 9.17) is 0 Å². The smallest absolute Gasteiger partial charge is 0.289 e. The highest BCUT2D eigenvalue weighted by molar-refractivity contribution is 8.15. The Balaban J connectivity index is 1.96. The zero-order valence-electron chi connectivity index (χ0n) is 12.1. The molecular weight excluding hydrogens is 288 g/mol. The number of para-hydroxylation sites is 1. The van der Waals surface area contributed by atoms with E-state index in [1.165, 1.54) is 4.90 Å². The van der Waals surface area contributed by atoms with Gasteiger partial charge in [0.2, 0.25) is 11.8 Å². The Kier molecular flexibility index (Phi) is 5.01. The van der Waals surface area contributed by atoms with Crippen LogP contribution >= 0.6 is 11.8 Å².